The van der Waals surface area contributed by atoms with Gasteiger partial charge in [-0.2, -0.15) is 0 Å². The maximum Gasteiger partial charge on any atom is 0.276 e. The van der Waals surface area contributed by atoms with Crippen molar-refractivity contribution in [2.75, 3.05) is 0 Å². The van der Waals surface area contributed by atoms with Gasteiger partial charge in [-0.1, -0.05) is 23.8 Å². The minimum atomic E-state index is -0.489. The molecule has 78 valence electrons. The molecule has 0 radical (unpaired) electrons. The minimum absolute atomic E-state index is 0.0263. The minimum Gasteiger partial charge on any atom is -0.303 e. The van der Waals surface area contributed by atoms with Gasteiger partial charge in [0.25, 0.3) is 5.69 Å². The second kappa shape index (κ2) is 5.26. The molecule has 0 spiro atoms. The zero-order chi connectivity index (χ0) is 11.3. The Kier molecular flexibility index (Phi) is 4.00. The third-order valence-electron chi connectivity index (χ3n) is 1.72. The first-order valence-electron chi connectivity index (χ1n) is 4.19. The van der Waals surface area contributed by atoms with Gasteiger partial charge in [-0.3, -0.25) is 10.1 Å². The van der Waals surface area contributed by atoms with E-state index in [9.17, 15) is 14.9 Å². The summed E-state index contributed by atoms with van der Waals surface area (Å²) < 4.78 is 0. The van der Waals surface area contributed by atoms with Crippen LogP contribution >= 0.6 is 11.6 Å². The van der Waals surface area contributed by atoms with Gasteiger partial charge in [-0.05, 0) is 12.1 Å². The number of carbonyl (C=O) groups excluding carboxylic acids is 1. The number of nitrogens with zero attached hydrogens (tertiary/aromatic N) is 1. The number of hydrogen-bond acceptors (Lipinski definition) is 3. The summed E-state index contributed by atoms with van der Waals surface area (Å²) in [6.07, 6.45) is 4.00. The van der Waals surface area contributed by atoms with E-state index >= 15 is 0 Å². The third kappa shape index (κ3) is 3.18. The van der Waals surface area contributed by atoms with E-state index in [4.69, 9.17) is 11.6 Å². The van der Waals surface area contributed by atoms with Crippen LogP contribution in [-0.4, -0.2) is 11.2 Å². The maximum absolute atomic E-state index is 10.6. The summed E-state index contributed by atoms with van der Waals surface area (Å²) in [5.74, 6) is 0. The number of benzene rings is 1. The normalized spacial score (nSPS) is 10.5. The molecule has 0 atom stereocenters. The molecule has 0 unspecified atom stereocenters. The molecule has 1 aromatic carbocycles. The number of carbonyl (C=O) groups is 1. The fourth-order valence-corrected chi connectivity index (χ4v) is 1.26. The molecule has 0 N–H and O–H groups in total. The molecule has 1 aromatic rings. The summed E-state index contributed by atoms with van der Waals surface area (Å²) in [6, 6.07) is 4.28. The lowest BCUT2D eigenvalue weighted by Gasteiger charge is -1.97. The Labute approximate surface area is 91.3 Å². The predicted octanol–water partition coefficient (Wildman–Crippen LogP) is 2.85. The van der Waals surface area contributed by atoms with E-state index in [-0.39, 0.29) is 12.1 Å². The smallest absolute Gasteiger partial charge is 0.276 e. The Hall–Kier alpha value is -1.68. The summed E-state index contributed by atoms with van der Waals surface area (Å²) in [4.78, 5) is 20.2. The van der Waals surface area contributed by atoms with Crippen molar-refractivity contribution in [3.05, 3.63) is 45.0 Å². The molecule has 1 rings (SSSR count). The van der Waals surface area contributed by atoms with Crippen LogP contribution in [0.4, 0.5) is 5.69 Å². The maximum atomic E-state index is 10.6. The van der Waals surface area contributed by atoms with Crippen molar-refractivity contribution in [3.63, 3.8) is 0 Å². The van der Waals surface area contributed by atoms with Crippen molar-refractivity contribution < 1.29 is 9.72 Å². The molecule has 0 aromatic heterocycles. The summed E-state index contributed by atoms with van der Waals surface area (Å²) in [6.45, 7) is 0. The Bertz CT molecular complexity index is 415. The van der Waals surface area contributed by atoms with Crippen molar-refractivity contribution in [1.29, 1.82) is 0 Å². The van der Waals surface area contributed by atoms with Crippen molar-refractivity contribution in [3.8, 4) is 0 Å². The summed E-state index contributed by atoms with van der Waals surface area (Å²) in [7, 11) is 0. The van der Waals surface area contributed by atoms with Gasteiger partial charge < -0.3 is 4.79 Å². The molecule has 0 aliphatic carbocycles. The van der Waals surface area contributed by atoms with Gasteiger partial charge >= 0.3 is 0 Å². The van der Waals surface area contributed by atoms with Crippen molar-refractivity contribution in [2.24, 2.45) is 0 Å². The van der Waals surface area contributed by atoms with E-state index in [2.05, 4.69) is 0 Å². The van der Waals surface area contributed by atoms with E-state index in [1.54, 1.807) is 6.08 Å². The van der Waals surface area contributed by atoms with Crippen LogP contribution in [0.15, 0.2) is 24.3 Å². The molecule has 0 heterocycles. The second-order valence-electron chi connectivity index (χ2n) is 2.76. The average Bonchev–Trinajstić information content (AvgIpc) is 2.18. The van der Waals surface area contributed by atoms with Gasteiger partial charge in [-0.25, -0.2) is 0 Å². The first-order valence-corrected chi connectivity index (χ1v) is 4.57. The topological polar surface area (TPSA) is 60.2 Å². The Morgan fingerprint density at radius 2 is 2.20 bits per heavy atom. The third-order valence-corrected chi connectivity index (χ3v) is 1.95. The highest BCUT2D eigenvalue weighted by Crippen LogP contribution is 2.23. The van der Waals surface area contributed by atoms with Crippen LogP contribution in [0.3, 0.4) is 0 Å². The van der Waals surface area contributed by atoms with Gasteiger partial charge in [0.1, 0.15) is 6.29 Å². The largest absolute Gasteiger partial charge is 0.303 e. The highest BCUT2D eigenvalue weighted by molar-refractivity contribution is 6.30. The summed E-state index contributed by atoms with van der Waals surface area (Å²) in [5.41, 5.74) is 0.371. The van der Waals surface area contributed by atoms with E-state index in [1.165, 1.54) is 24.3 Å². The molecule has 0 amide bonds. The number of aldehydes is 1. The average molecular weight is 226 g/mol. The number of nitro benzene ring substituents is 1. The highest BCUT2D eigenvalue weighted by atomic mass is 35.5. The number of halogens is 1. The first-order chi connectivity index (χ1) is 7.15. The number of nitro groups is 1. The second-order valence-corrected chi connectivity index (χ2v) is 3.20. The monoisotopic (exact) mass is 225 g/mol. The van der Waals surface area contributed by atoms with Crippen molar-refractivity contribution >= 4 is 29.7 Å². The molecule has 5 heteroatoms. The van der Waals surface area contributed by atoms with Crippen molar-refractivity contribution in [1.82, 2.24) is 0 Å². The predicted molar refractivity (Wildman–Crippen MR) is 57.8 cm³/mol. The van der Waals surface area contributed by atoms with E-state index in [0.29, 0.717) is 16.9 Å². The SMILES string of the molecule is O=CCC=Cc1cc(Cl)ccc1[N+](=O)[O-]. The summed E-state index contributed by atoms with van der Waals surface area (Å²) in [5, 5.41) is 11.0. The highest BCUT2D eigenvalue weighted by Gasteiger charge is 2.10. The van der Waals surface area contributed by atoms with Gasteiger partial charge in [0.05, 0.1) is 10.5 Å². The fraction of sp³-hybridized carbons (Fsp3) is 0.100. The lowest BCUT2D eigenvalue weighted by Crippen LogP contribution is -1.90. The molecule has 0 fully saturated rings. The molecule has 0 saturated heterocycles. The zero-order valence-electron chi connectivity index (χ0n) is 7.72. The molecular weight excluding hydrogens is 218 g/mol. The van der Waals surface area contributed by atoms with Crippen LogP contribution in [0.25, 0.3) is 6.08 Å². The van der Waals surface area contributed by atoms with Crippen LogP contribution < -0.4 is 0 Å². The van der Waals surface area contributed by atoms with Gasteiger partial charge in [0.15, 0.2) is 0 Å². The Morgan fingerprint density at radius 3 is 2.80 bits per heavy atom. The number of hydrogen-bond donors (Lipinski definition) is 0. The molecule has 0 bridgehead atoms. The molecule has 0 aliphatic heterocycles. The molecule has 0 saturated carbocycles. The lowest BCUT2D eigenvalue weighted by molar-refractivity contribution is -0.385. The Morgan fingerprint density at radius 1 is 1.47 bits per heavy atom. The Balaban J connectivity index is 3.07. The van der Waals surface area contributed by atoms with Crippen LogP contribution in [0.5, 0.6) is 0 Å². The van der Waals surface area contributed by atoms with E-state index in [0.717, 1.165) is 0 Å². The number of allylic oxidation sites excluding steroid dienone is 1. The van der Waals surface area contributed by atoms with Crippen LogP contribution in [-0.2, 0) is 4.79 Å². The van der Waals surface area contributed by atoms with Gasteiger partial charge in [0, 0.05) is 17.5 Å². The van der Waals surface area contributed by atoms with Crippen LogP contribution in [0.1, 0.15) is 12.0 Å². The fourth-order valence-electron chi connectivity index (χ4n) is 1.08. The standard InChI is InChI=1S/C10H8ClNO3/c11-9-4-5-10(12(14)15)8(7-9)3-1-2-6-13/h1,3-7H,2H2. The van der Waals surface area contributed by atoms with E-state index in [1.807, 2.05) is 0 Å². The van der Waals surface area contributed by atoms with Gasteiger partial charge in [0.2, 0.25) is 0 Å². The van der Waals surface area contributed by atoms with Crippen molar-refractivity contribution in [2.45, 2.75) is 6.42 Å². The molecule has 4 nitrogen and oxygen atoms in total. The zero-order valence-corrected chi connectivity index (χ0v) is 8.48. The molecule has 15 heavy (non-hydrogen) atoms. The quantitative estimate of drug-likeness (QED) is 0.450. The summed E-state index contributed by atoms with van der Waals surface area (Å²) >= 11 is 5.71. The number of rotatable bonds is 4. The molecule has 0 aliphatic rings. The van der Waals surface area contributed by atoms with Crippen LogP contribution in [0, 0.1) is 10.1 Å². The molecular formula is C10H8ClNO3. The van der Waals surface area contributed by atoms with Crippen LogP contribution in [0.2, 0.25) is 5.02 Å². The van der Waals surface area contributed by atoms with Gasteiger partial charge in [-0.15, -0.1) is 0 Å². The lowest BCUT2D eigenvalue weighted by atomic mass is 10.1. The van der Waals surface area contributed by atoms with E-state index < -0.39 is 4.92 Å². The first kappa shape index (κ1) is 11.4.